The van der Waals surface area contributed by atoms with Crippen LogP contribution in [0.4, 0.5) is 0 Å². The molecule has 6 heteroatoms. The summed E-state index contributed by atoms with van der Waals surface area (Å²) in [6, 6.07) is -0.720. The topological polar surface area (TPSA) is 92.4 Å². The normalized spacial score (nSPS) is 14.4. The summed E-state index contributed by atoms with van der Waals surface area (Å²) in [5.74, 6) is -0.848. The van der Waals surface area contributed by atoms with E-state index in [9.17, 15) is 9.59 Å². The molecule has 0 saturated carbocycles. The Balaban J connectivity index is 4.01. The van der Waals surface area contributed by atoms with Gasteiger partial charge in [-0.2, -0.15) is 0 Å². The minimum atomic E-state index is -1.04. The van der Waals surface area contributed by atoms with Crippen LogP contribution in [-0.4, -0.2) is 40.1 Å². The molecule has 0 fully saturated rings. The van der Waals surface area contributed by atoms with Crippen LogP contribution in [0.1, 0.15) is 33.6 Å². The third-order valence-corrected chi connectivity index (χ3v) is 3.81. The first kappa shape index (κ1) is 16.2. The maximum atomic E-state index is 11.7. The van der Waals surface area contributed by atoms with E-state index in [4.69, 9.17) is 10.8 Å². The lowest BCUT2D eigenvalue weighted by Gasteiger charge is -2.18. The second kappa shape index (κ2) is 8.36. The van der Waals surface area contributed by atoms with E-state index >= 15 is 0 Å². The average molecular weight is 262 g/mol. The fourth-order valence-corrected chi connectivity index (χ4v) is 2.06. The van der Waals surface area contributed by atoms with E-state index in [1.165, 1.54) is 11.8 Å². The summed E-state index contributed by atoms with van der Waals surface area (Å²) in [6.45, 7) is 5.80. The van der Waals surface area contributed by atoms with Crippen molar-refractivity contribution < 1.29 is 14.7 Å². The van der Waals surface area contributed by atoms with Crippen molar-refractivity contribution in [1.29, 1.82) is 0 Å². The molecule has 0 spiro atoms. The summed E-state index contributed by atoms with van der Waals surface area (Å²) >= 11 is 1.27. The van der Waals surface area contributed by atoms with E-state index in [1.54, 1.807) is 6.92 Å². The van der Waals surface area contributed by atoms with Gasteiger partial charge in [0, 0.05) is 11.8 Å². The van der Waals surface area contributed by atoms with Crippen LogP contribution in [0.5, 0.6) is 0 Å². The van der Waals surface area contributed by atoms with Gasteiger partial charge in [0.25, 0.3) is 0 Å². The first-order chi connectivity index (χ1) is 7.92. The molecule has 0 aromatic rings. The molecular formula is C11H22N2O3S. The number of hydrogen-bond donors (Lipinski definition) is 3. The second-order valence-corrected chi connectivity index (χ2v) is 5.32. The van der Waals surface area contributed by atoms with E-state index < -0.39 is 12.0 Å². The van der Waals surface area contributed by atoms with Gasteiger partial charge in [-0.3, -0.25) is 9.59 Å². The molecule has 0 aliphatic heterocycles. The minimum Gasteiger partial charge on any atom is -0.480 e. The lowest BCUT2D eigenvalue weighted by atomic mass is 10.2. The Hall–Kier alpha value is -0.750. The summed E-state index contributed by atoms with van der Waals surface area (Å²) < 4.78 is 0. The first-order valence-corrected chi connectivity index (χ1v) is 6.87. The van der Waals surface area contributed by atoms with Crippen molar-refractivity contribution in [3.63, 3.8) is 0 Å². The van der Waals surface area contributed by atoms with Crippen LogP contribution >= 0.6 is 11.8 Å². The van der Waals surface area contributed by atoms with Crippen LogP contribution in [0.15, 0.2) is 0 Å². The van der Waals surface area contributed by atoms with Crippen LogP contribution < -0.4 is 11.1 Å². The molecule has 0 aliphatic carbocycles. The third-order valence-electron chi connectivity index (χ3n) is 2.54. The Morgan fingerprint density at radius 2 is 1.88 bits per heavy atom. The number of aliphatic carboxylic acids is 1. The van der Waals surface area contributed by atoms with Crippen LogP contribution in [0.2, 0.25) is 0 Å². The van der Waals surface area contributed by atoms with Gasteiger partial charge in [-0.25, -0.2) is 0 Å². The highest BCUT2D eigenvalue weighted by Gasteiger charge is 2.19. The number of hydrogen-bond acceptors (Lipinski definition) is 4. The van der Waals surface area contributed by atoms with Crippen molar-refractivity contribution in [2.75, 3.05) is 5.75 Å². The molecule has 4 N–H and O–H groups in total. The fraction of sp³-hybridized carbons (Fsp3) is 0.818. The summed E-state index contributed by atoms with van der Waals surface area (Å²) in [5, 5.41) is 11.3. The van der Waals surface area contributed by atoms with Crippen molar-refractivity contribution in [2.45, 2.75) is 50.9 Å². The lowest BCUT2D eigenvalue weighted by molar-refractivity contribution is -0.138. The number of thioether (sulfide) groups is 1. The Kier molecular flexibility index (Phi) is 7.99. The van der Waals surface area contributed by atoms with Gasteiger partial charge in [0.05, 0.1) is 5.25 Å². The fourth-order valence-electron chi connectivity index (χ4n) is 1.21. The maximum Gasteiger partial charge on any atom is 0.321 e. The van der Waals surface area contributed by atoms with Gasteiger partial charge in [-0.15, -0.1) is 11.8 Å². The Labute approximate surface area is 107 Å². The number of carboxylic acid groups (broad SMARTS) is 1. The average Bonchev–Trinajstić information content (AvgIpc) is 2.31. The molecule has 0 radical (unpaired) electrons. The Morgan fingerprint density at radius 3 is 2.29 bits per heavy atom. The van der Waals surface area contributed by atoms with Crippen LogP contribution in [-0.2, 0) is 9.59 Å². The van der Waals surface area contributed by atoms with Crippen LogP contribution in [0.3, 0.4) is 0 Å². The predicted octanol–water partition coefficient (Wildman–Crippen LogP) is 0.825. The summed E-state index contributed by atoms with van der Waals surface area (Å²) in [4.78, 5) is 22.2. The van der Waals surface area contributed by atoms with Crippen molar-refractivity contribution in [3.05, 3.63) is 0 Å². The number of carboxylic acids is 1. The molecule has 0 saturated heterocycles. The van der Waals surface area contributed by atoms with Gasteiger partial charge in [0.2, 0.25) is 5.91 Å². The first-order valence-electron chi connectivity index (χ1n) is 5.82. The molecule has 2 atom stereocenters. The summed E-state index contributed by atoms with van der Waals surface area (Å²) in [6.07, 6.45) is 1.79. The standard InChI is InChI=1S/C11H22N2O3S/c1-4-8(5-2)13-10(14)7(3)17-6-9(12)11(15)16/h7-9H,4-6,12H2,1-3H3,(H,13,14)(H,15,16)/t7?,9-/m0/s1. The van der Waals surface area contributed by atoms with Gasteiger partial charge in [0.1, 0.15) is 6.04 Å². The largest absolute Gasteiger partial charge is 0.480 e. The number of nitrogens with two attached hydrogens (primary N) is 1. The molecule has 0 aromatic heterocycles. The highest BCUT2D eigenvalue weighted by Crippen LogP contribution is 2.12. The number of nitrogens with one attached hydrogen (secondary N) is 1. The molecule has 0 bridgehead atoms. The predicted molar refractivity (Wildman–Crippen MR) is 70.0 cm³/mol. The minimum absolute atomic E-state index is 0.0544. The van der Waals surface area contributed by atoms with Crippen molar-refractivity contribution >= 4 is 23.6 Å². The molecule has 5 nitrogen and oxygen atoms in total. The van der Waals surface area contributed by atoms with E-state index in [0.29, 0.717) is 0 Å². The lowest BCUT2D eigenvalue weighted by Crippen LogP contribution is -2.40. The zero-order valence-electron chi connectivity index (χ0n) is 10.6. The number of carbonyl (C=O) groups excluding carboxylic acids is 1. The molecule has 0 heterocycles. The van der Waals surface area contributed by atoms with Gasteiger partial charge in [0.15, 0.2) is 0 Å². The Morgan fingerprint density at radius 1 is 1.35 bits per heavy atom. The maximum absolute atomic E-state index is 11.7. The third kappa shape index (κ3) is 6.53. The van der Waals surface area contributed by atoms with E-state index in [0.717, 1.165) is 12.8 Å². The summed E-state index contributed by atoms with van der Waals surface area (Å²) in [5.41, 5.74) is 5.37. The van der Waals surface area contributed by atoms with Gasteiger partial charge in [-0.05, 0) is 19.8 Å². The molecule has 0 rings (SSSR count). The van der Waals surface area contributed by atoms with Gasteiger partial charge in [-0.1, -0.05) is 13.8 Å². The molecule has 17 heavy (non-hydrogen) atoms. The second-order valence-electron chi connectivity index (χ2n) is 3.94. The number of carbonyl (C=O) groups is 2. The number of amides is 1. The highest BCUT2D eigenvalue weighted by molar-refractivity contribution is 8.00. The SMILES string of the molecule is CCC(CC)NC(=O)C(C)SC[C@H](N)C(=O)O. The Bertz CT molecular complexity index is 257. The molecule has 0 aliphatic rings. The zero-order valence-corrected chi connectivity index (χ0v) is 11.4. The smallest absolute Gasteiger partial charge is 0.321 e. The highest BCUT2D eigenvalue weighted by atomic mass is 32.2. The molecule has 1 amide bonds. The van der Waals surface area contributed by atoms with Gasteiger partial charge >= 0.3 is 5.97 Å². The zero-order chi connectivity index (χ0) is 13.4. The summed E-state index contributed by atoms with van der Waals surface area (Å²) in [7, 11) is 0. The quantitative estimate of drug-likeness (QED) is 0.602. The van der Waals surface area contributed by atoms with Crippen molar-refractivity contribution in [3.8, 4) is 0 Å². The number of rotatable bonds is 8. The molecule has 0 aromatic carbocycles. The van der Waals surface area contributed by atoms with Gasteiger partial charge < -0.3 is 16.2 Å². The molecular weight excluding hydrogens is 240 g/mol. The van der Waals surface area contributed by atoms with E-state index in [1.807, 2.05) is 13.8 Å². The van der Waals surface area contributed by atoms with E-state index in [2.05, 4.69) is 5.32 Å². The van der Waals surface area contributed by atoms with Crippen molar-refractivity contribution in [1.82, 2.24) is 5.32 Å². The van der Waals surface area contributed by atoms with Crippen LogP contribution in [0.25, 0.3) is 0 Å². The van der Waals surface area contributed by atoms with E-state index in [-0.39, 0.29) is 23.0 Å². The van der Waals surface area contributed by atoms with Crippen LogP contribution in [0, 0.1) is 0 Å². The van der Waals surface area contributed by atoms with Crippen molar-refractivity contribution in [2.24, 2.45) is 5.73 Å². The molecule has 100 valence electrons. The molecule has 1 unspecified atom stereocenters. The monoisotopic (exact) mass is 262 g/mol.